The molecule has 1 unspecified atom stereocenters. The lowest BCUT2D eigenvalue weighted by Crippen LogP contribution is -2.30. The van der Waals surface area contributed by atoms with Crippen molar-refractivity contribution in [3.05, 3.63) is 64.0 Å². The van der Waals surface area contributed by atoms with Crippen molar-refractivity contribution in [2.24, 2.45) is 0 Å². The second-order valence-corrected chi connectivity index (χ2v) is 9.58. The highest BCUT2D eigenvalue weighted by atomic mass is 32.2. The number of hydrogen-bond donors (Lipinski definition) is 1. The molecule has 9 nitrogen and oxygen atoms in total. The molecule has 1 aromatic carbocycles. The Hall–Kier alpha value is -3.09. The first-order valence-corrected chi connectivity index (χ1v) is 11.8. The summed E-state index contributed by atoms with van der Waals surface area (Å²) in [5.74, 6) is 0.511. The number of thioether (sulfide) groups is 1. The summed E-state index contributed by atoms with van der Waals surface area (Å²) in [6, 6.07) is 13.3. The van der Waals surface area contributed by atoms with Gasteiger partial charge in [-0.15, -0.1) is 21.5 Å². The lowest BCUT2D eigenvalue weighted by Gasteiger charge is -2.27. The van der Waals surface area contributed by atoms with Gasteiger partial charge in [0.25, 0.3) is 0 Å². The zero-order valence-corrected chi connectivity index (χ0v) is 18.6. The average Bonchev–Trinajstić information content (AvgIpc) is 3.58. The topological polar surface area (TPSA) is 108 Å². The van der Waals surface area contributed by atoms with Gasteiger partial charge in [-0.3, -0.25) is 0 Å². The number of nitrogens with zero attached hydrogens (tertiary/aromatic N) is 6. The van der Waals surface area contributed by atoms with Crippen molar-refractivity contribution in [1.29, 1.82) is 0 Å². The number of aromatic nitrogens is 6. The first kappa shape index (κ1) is 19.8. The number of nitrogens with one attached hydrogen (secondary N) is 1. The second kappa shape index (κ2) is 8.57. The minimum Gasteiger partial charge on any atom is -0.466 e. The van der Waals surface area contributed by atoms with Crippen LogP contribution in [-0.4, -0.2) is 49.2 Å². The lowest BCUT2D eigenvalue weighted by molar-refractivity contribution is -0.136. The van der Waals surface area contributed by atoms with Gasteiger partial charge in [-0.05, 0) is 21.9 Å². The fourth-order valence-electron chi connectivity index (χ4n) is 3.21. The van der Waals surface area contributed by atoms with Crippen LogP contribution in [0.2, 0.25) is 0 Å². The molecule has 1 aliphatic heterocycles. The zero-order valence-electron chi connectivity index (χ0n) is 16.1. The highest BCUT2D eigenvalue weighted by molar-refractivity contribution is 8.01. The molecular weight excluding hydrogens is 454 g/mol. The van der Waals surface area contributed by atoms with E-state index in [0.29, 0.717) is 23.0 Å². The van der Waals surface area contributed by atoms with E-state index >= 15 is 0 Å². The predicted molar refractivity (Wildman–Crippen MR) is 119 cm³/mol. The fourth-order valence-corrected chi connectivity index (χ4v) is 5.85. The van der Waals surface area contributed by atoms with Crippen molar-refractivity contribution in [2.45, 2.75) is 10.4 Å². The molecule has 4 aromatic rings. The Balaban J connectivity index is 1.46. The van der Waals surface area contributed by atoms with E-state index in [0.717, 1.165) is 19.8 Å². The van der Waals surface area contributed by atoms with Crippen molar-refractivity contribution < 1.29 is 9.53 Å². The molecule has 0 saturated heterocycles. The van der Waals surface area contributed by atoms with E-state index in [4.69, 9.17) is 4.74 Å². The Labute approximate surface area is 189 Å². The number of hydrogen-bond acceptors (Lipinski definition) is 11. The molecule has 12 heteroatoms. The lowest BCUT2D eigenvalue weighted by atomic mass is 10.0. The Morgan fingerprint density at radius 3 is 2.84 bits per heavy atom. The zero-order chi connectivity index (χ0) is 21.2. The molecule has 156 valence electrons. The van der Waals surface area contributed by atoms with E-state index in [-0.39, 0.29) is 0 Å². The fraction of sp³-hybridized carbons (Fsp3) is 0.158. The Bertz CT molecular complexity index is 1230. The van der Waals surface area contributed by atoms with Crippen LogP contribution in [0.4, 0.5) is 5.95 Å². The molecule has 0 spiro atoms. The van der Waals surface area contributed by atoms with Crippen molar-refractivity contribution in [1.82, 2.24) is 30.4 Å². The largest absolute Gasteiger partial charge is 0.466 e. The third-order valence-corrected chi connectivity index (χ3v) is 7.64. The Morgan fingerprint density at radius 2 is 2.06 bits per heavy atom. The minimum atomic E-state index is -0.455. The van der Waals surface area contributed by atoms with E-state index in [1.807, 2.05) is 47.8 Å². The molecule has 0 saturated carbocycles. The van der Waals surface area contributed by atoms with E-state index < -0.39 is 12.0 Å². The SMILES string of the molecule is COC(=O)C1=C(CSc2nnc(-c3ccccc3)s2)Nc2nnnn2C1c1cccs1. The molecule has 31 heavy (non-hydrogen) atoms. The van der Waals surface area contributed by atoms with Gasteiger partial charge in [-0.25, -0.2) is 4.79 Å². The van der Waals surface area contributed by atoms with Gasteiger partial charge in [-0.1, -0.05) is 64.6 Å². The summed E-state index contributed by atoms with van der Waals surface area (Å²) in [6.07, 6.45) is 0. The summed E-state index contributed by atoms with van der Waals surface area (Å²) in [5.41, 5.74) is 2.19. The molecule has 1 aliphatic rings. The summed E-state index contributed by atoms with van der Waals surface area (Å²) in [5, 5.41) is 26.5. The normalized spacial score (nSPS) is 15.5. The first-order valence-electron chi connectivity index (χ1n) is 9.16. The van der Waals surface area contributed by atoms with Crippen LogP contribution in [0.15, 0.2) is 63.5 Å². The molecule has 0 aliphatic carbocycles. The van der Waals surface area contributed by atoms with Crippen LogP contribution >= 0.6 is 34.4 Å². The quantitative estimate of drug-likeness (QED) is 0.335. The summed E-state index contributed by atoms with van der Waals surface area (Å²) < 4.78 is 7.51. The Kier molecular flexibility index (Phi) is 5.49. The highest BCUT2D eigenvalue weighted by Gasteiger charge is 2.36. The number of carbonyl (C=O) groups is 1. The molecule has 0 radical (unpaired) electrons. The second-order valence-electron chi connectivity index (χ2n) is 6.40. The van der Waals surface area contributed by atoms with Crippen molar-refractivity contribution >= 4 is 46.4 Å². The number of rotatable bonds is 6. The summed E-state index contributed by atoms with van der Waals surface area (Å²) in [6.45, 7) is 0. The van der Waals surface area contributed by atoms with Gasteiger partial charge < -0.3 is 10.1 Å². The van der Waals surface area contributed by atoms with Gasteiger partial charge in [0.2, 0.25) is 5.95 Å². The van der Waals surface area contributed by atoms with E-state index in [1.54, 1.807) is 4.68 Å². The maximum Gasteiger partial charge on any atom is 0.338 e. The number of thiophene rings is 1. The van der Waals surface area contributed by atoms with Crippen LogP contribution in [0, 0.1) is 0 Å². The molecule has 5 rings (SSSR count). The van der Waals surface area contributed by atoms with Crippen LogP contribution in [0.25, 0.3) is 10.6 Å². The molecule has 0 amide bonds. The van der Waals surface area contributed by atoms with Gasteiger partial charge in [0.05, 0.1) is 12.7 Å². The van der Waals surface area contributed by atoms with E-state index in [9.17, 15) is 4.79 Å². The maximum absolute atomic E-state index is 12.8. The van der Waals surface area contributed by atoms with Crippen LogP contribution < -0.4 is 5.32 Å². The molecule has 3 aromatic heterocycles. The number of tetrazole rings is 1. The van der Waals surface area contributed by atoms with E-state index in [2.05, 4.69) is 31.0 Å². The predicted octanol–water partition coefficient (Wildman–Crippen LogP) is 3.49. The molecule has 1 atom stereocenters. The van der Waals surface area contributed by atoms with Crippen LogP contribution in [-0.2, 0) is 9.53 Å². The molecule has 0 fully saturated rings. The standard InChI is InChI=1S/C19H15N7O2S3/c1-28-17(27)14-12(10-30-19-23-21-16(31-19)11-6-3-2-4-7-11)20-18-22-24-25-26(18)15(14)13-8-5-9-29-13/h2-9,15H,10H2,1H3,(H,20,22,25). The maximum atomic E-state index is 12.8. The molecular formula is C19H15N7O2S3. The van der Waals surface area contributed by atoms with Crippen LogP contribution in [0.5, 0.6) is 0 Å². The molecule has 4 heterocycles. The highest BCUT2D eigenvalue weighted by Crippen LogP contribution is 2.39. The number of anilines is 1. The third kappa shape index (κ3) is 3.84. The number of carbonyl (C=O) groups excluding carboxylic acids is 1. The van der Waals surface area contributed by atoms with Crippen LogP contribution in [0.1, 0.15) is 10.9 Å². The van der Waals surface area contributed by atoms with Gasteiger partial charge >= 0.3 is 5.97 Å². The number of ether oxygens (including phenoxy) is 1. The van der Waals surface area contributed by atoms with Crippen molar-refractivity contribution in [3.63, 3.8) is 0 Å². The Morgan fingerprint density at radius 1 is 1.19 bits per heavy atom. The number of esters is 1. The first-order chi connectivity index (χ1) is 15.2. The van der Waals surface area contributed by atoms with Gasteiger partial charge in [-0.2, -0.15) is 4.68 Å². The summed E-state index contributed by atoms with van der Waals surface area (Å²) in [7, 11) is 1.37. The van der Waals surface area contributed by atoms with Gasteiger partial charge in [0.15, 0.2) is 4.34 Å². The number of methoxy groups -OCH3 is 1. The number of fused-ring (bicyclic) bond motifs is 1. The average molecular weight is 470 g/mol. The van der Waals surface area contributed by atoms with Crippen LogP contribution in [0.3, 0.4) is 0 Å². The van der Waals surface area contributed by atoms with Crippen molar-refractivity contribution in [2.75, 3.05) is 18.2 Å². The van der Waals surface area contributed by atoms with Gasteiger partial charge in [0.1, 0.15) is 11.0 Å². The molecule has 1 N–H and O–H groups in total. The van der Waals surface area contributed by atoms with Gasteiger partial charge in [0, 0.05) is 21.9 Å². The minimum absolute atomic E-state index is 0.426. The summed E-state index contributed by atoms with van der Waals surface area (Å²) in [4.78, 5) is 13.7. The smallest absolute Gasteiger partial charge is 0.338 e. The monoisotopic (exact) mass is 469 g/mol. The third-order valence-electron chi connectivity index (χ3n) is 4.58. The van der Waals surface area contributed by atoms with E-state index in [1.165, 1.54) is 41.5 Å². The van der Waals surface area contributed by atoms with Crippen molar-refractivity contribution in [3.8, 4) is 10.6 Å². The molecule has 0 bridgehead atoms. The number of benzene rings is 1. The summed E-state index contributed by atoms with van der Waals surface area (Å²) >= 11 is 4.53.